The zero-order chi connectivity index (χ0) is 15.6. The normalized spacial score (nSPS) is 18.4. The van der Waals surface area contributed by atoms with E-state index in [9.17, 15) is 0 Å². The highest BCUT2D eigenvalue weighted by atomic mass is 15.3. The Hall–Kier alpha value is -1.22. The predicted octanol–water partition coefficient (Wildman–Crippen LogP) is 3.36. The minimum atomic E-state index is 0.188. The smallest absolute Gasteiger partial charge is 0.0607 e. The van der Waals surface area contributed by atoms with Crippen LogP contribution in [0, 0.1) is 5.92 Å². The summed E-state index contributed by atoms with van der Waals surface area (Å²) in [6, 6.07) is 9.30. The van der Waals surface area contributed by atoms with E-state index in [1.54, 1.807) is 0 Å². The summed E-state index contributed by atoms with van der Waals surface area (Å²) in [4.78, 5) is 4.93. The number of fused-ring (bicyclic) bond motifs is 1. The van der Waals surface area contributed by atoms with Crippen LogP contribution >= 0.6 is 0 Å². The molecule has 0 bridgehead atoms. The molecule has 21 heavy (non-hydrogen) atoms. The Bertz CT molecular complexity index is 464. The number of likely N-dealkylation sites (N-methyl/N-ethyl adjacent to an activating group) is 1. The Morgan fingerprint density at radius 2 is 1.71 bits per heavy atom. The van der Waals surface area contributed by atoms with E-state index < -0.39 is 0 Å². The summed E-state index contributed by atoms with van der Waals surface area (Å²) in [7, 11) is 2.19. The lowest BCUT2D eigenvalue weighted by Gasteiger charge is -2.42. The van der Waals surface area contributed by atoms with Crippen molar-refractivity contribution in [2.24, 2.45) is 5.92 Å². The van der Waals surface area contributed by atoms with Crippen molar-refractivity contribution in [1.82, 2.24) is 5.32 Å². The fraction of sp³-hybridized carbons (Fsp3) is 0.667. The van der Waals surface area contributed by atoms with E-state index >= 15 is 0 Å². The number of para-hydroxylation sites is 2. The summed E-state index contributed by atoms with van der Waals surface area (Å²) in [5, 5.41) is 3.64. The minimum Gasteiger partial charge on any atom is -0.371 e. The van der Waals surface area contributed by atoms with E-state index in [2.05, 4.69) is 81.0 Å². The van der Waals surface area contributed by atoms with Crippen LogP contribution in [0.25, 0.3) is 0 Å². The average Bonchev–Trinajstić information content (AvgIpc) is 2.44. The average molecular weight is 289 g/mol. The van der Waals surface area contributed by atoms with Crippen LogP contribution in [0.15, 0.2) is 24.3 Å². The van der Waals surface area contributed by atoms with E-state index in [0.717, 1.165) is 19.6 Å². The maximum absolute atomic E-state index is 3.64. The quantitative estimate of drug-likeness (QED) is 0.917. The van der Waals surface area contributed by atoms with Crippen molar-refractivity contribution in [2.75, 3.05) is 36.5 Å². The second-order valence-electron chi connectivity index (χ2n) is 7.45. The first-order valence-corrected chi connectivity index (χ1v) is 8.11. The van der Waals surface area contributed by atoms with E-state index in [1.807, 2.05) is 0 Å². The number of benzene rings is 1. The summed E-state index contributed by atoms with van der Waals surface area (Å²) < 4.78 is 0. The van der Waals surface area contributed by atoms with Crippen molar-refractivity contribution >= 4 is 11.4 Å². The van der Waals surface area contributed by atoms with Crippen molar-refractivity contribution in [3.63, 3.8) is 0 Å². The predicted molar refractivity (Wildman–Crippen MR) is 93.4 cm³/mol. The van der Waals surface area contributed by atoms with Crippen LogP contribution in [0.4, 0.5) is 11.4 Å². The van der Waals surface area contributed by atoms with E-state index in [0.29, 0.717) is 12.0 Å². The van der Waals surface area contributed by atoms with Gasteiger partial charge in [0, 0.05) is 38.3 Å². The van der Waals surface area contributed by atoms with Gasteiger partial charge in [-0.2, -0.15) is 0 Å². The number of nitrogens with zero attached hydrogens (tertiary/aromatic N) is 2. The number of hydrogen-bond acceptors (Lipinski definition) is 3. The molecule has 1 aromatic rings. The number of rotatable bonds is 4. The van der Waals surface area contributed by atoms with Crippen LogP contribution in [0.1, 0.15) is 34.6 Å². The minimum absolute atomic E-state index is 0.188. The Morgan fingerprint density at radius 1 is 1.10 bits per heavy atom. The number of hydrogen-bond donors (Lipinski definition) is 1. The van der Waals surface area contributed by atoms with Gasteiger partial charge in [-0.25, -0.2) is 0 Å². The Kier molecular flexibility index (Phi) is 4.82. The lowest BCUT2D eigenvalue weighted by atomic mass is 9.98. The molecule has 0 aliphatic carbocycles. The summed E-state index contributed by atoms with van der Waals surface area (Å²) >= 11 is 0. The molecule has 0 radical (unpaired) electrons. The standard InChI is InChI=1S/C18H31N3/c1-14(13-19-18(3,4)5)15(2)21-12-11-20(6)16-9-7-8-10-17(16)21/h7-10,14-15,19H,11-13H2,1-6H3. The van der Waals surface area contributed by atoms with Crippen LogP contribution in [0.3, 0.4) is 0 Å². The highest BCUT2D eigenvalue weighted by Crippen LogP contribution is 2.34. The highest BCUT2D eigenvalue weighted by molar-refractivity contribution is 5.73. The van der Waals surface area contributed by atoms with Crippen molar-refractivity contribution < 1.29 is 0 Å². The molecule has 2 atom stereocenters. The zero-order valence-electron chi connectivity index (χ0n) is 14.5. The van der Waals surface area contributed by atoms with E-state index in [1.165, 1.54) is 11.4 Å². The third-order valence-electron chi connectivity index (χ3n) is 4.55. The molecule has 0 saturated heterocycles. The zero-order valence-corrected chi connectivity index (χ0v) is 14.5. The van der Waals surface area contributed by atoms with Crippen molar-refractivity contribution in [3.05, 3.63) is 24.3 Å². The molecule has 0 fully saturated rings. The second kappa shape index (κ2) is 6.27. The molecule has 3 heteroatoms. The lowest BCUT2D eigenvalue weighted by Crippen LogP contribution is -2.49. The highest BCUT2D eigenvalue weighted by Gasteiger charge is 2.27. The van der Waals surface area contributed by atoms with E-state index in [-0.39, 0.29) is 5.54 Å². The molecule has 2 rings (SSSR count). The Labute approximate surface area is 130 Å². The monoisotopic (exact) mass is 289 g/mol. The van der Waals surface area contributed by atoms with Gasteiger partial charge in [-0.3, -0.25) is 0 Å². The van der Waals surface area contributed by atoms with Crippen LogP contribution in [0.2, 0.25) is 0 Å². The van der Waals surface area contributed by atoms with Gasteiger partial charge in [0.2, 0.25) is 0 Å². The molecule has 3 nitrogen and oxygen atoms in total. The molecule has 0 spiro atoms. The molecular formula is C18H31N3. The molecule has 0 aromatic heterocycles. The molecule has 0 saturated carbocycles. The fourth-order valence-corrected chi connectivity index (χ4v) is 2.90. The molecule has 1 N–H and O–H groups in total. The van der Waals surface area contributed by atoms with Gasteiger partial charge < -0.3 is 15.1 Å². The third-order valence-corrected chi connectivity index (χ3v) is 4.55. The molecule has 1 aliphatic rings. The first-order chi connectivity index (χ1) is 9.79. The summed E-state index contributed by atoms with van der Waals surface area (Å²) in [5.41, 5.74) is 2.92. The summed E-state index contributed by atoms with van der Waals surface area (Å²) in [5.74, 6) is 0.612. The summed E-state index contributed by atoms with van der Waals surface area (Å²) in [6.45, 7) is 14.7. The molecule has 2 unspecified atom stereocenters. The maximum Gasteiger partial charge on any atom is 0.0607 e. The number of nitrogens with one attached hydrogen (secondary N) is 1. The molecule has 1 heterocycles. The van der Waals surface area contributed by atoms with Crippen molar-refractivity contribution in [3.8, 4) is 0 Å². The first-order valence-electron chi connectivity index (χ1n) is 8.11. The van der Waals surface area contributed by atoms with Gasteiger partial charge in [-0.1, -0.05) is 19.1 Å². The molecule has 118 valence electrons. The van der Waals surface area contributed by atoms with Crippen molar-refractivity contribution in [2.45, 2.75) is 46.2 Å². The van der Waals surface area contributed by atoms with Crippen molar-refractivity contribution in [1.29, 1.82) is 0 Å². The first kappa shape index (κ1) is 16.2. The topological polar surface area (TPSA) is 18.5 Å². The van der Waals surface area contributed by atoms with Gasteiger partial charge in [-0.15, -0.1) is 0 Å². The maximum atomic E-state index is 3.64. The van der Waals surface area contributed by atoms with Crippen LogP contribution in [-0.2, 0) is 0 Å². The Balaban J connectivity index is 2.09. The van der Waals surface area contributed by atoms with Gasteiger partial charge >= 0.3 is 0 Å². The van der Waals surface area contributed by atoms with E-state index in [4.69, 9.17) is 0 Å². The summed E-state index contributed by atoms with van der Waals surface area (Å²) in [6.07, 6.45) is 0. The van der Waals surface area contributed by atoms with Gasteiger partial charge in [-0.05, 0) is 45.7 Å². The second-order valence-corrected chi connectivity index (χ2v) is 7.45. The molecular weight excluding hydrogens is 258 g/mol. The SMILES string of the molecule is CC(CNC(C)(C)C)C(C)N1CCN(C)c2ccccc21. The van der Waals surface area contributed by atoms with Gasteiger partial charge in [0.05, 0.1) is 11.4 Å². The number of anilines is 2. The molecule has 1 aromatic carbocycles. The Morgan fingerprint density at radius 3 is 2.33 bits per heavy atom. The van der Waals surface area contributed by atoms with Gasteiger partial charge in [0.25, 0.3) is 0 Å². The molecule has 0 amide bonds. The van der Waals surface area contributed by atoms with Crippen LogP contribution in [0.5, 0.6) is 0 Å². The lowest BCUT2D eigenvalue weighted by molar-refractivity contribution is 0.349. The molecule has 1 aliphatic heterocycles. The van der Waals surface area contributed by atoms with Crippen LogP contribution < -0.4 is 15.1 Å². The fourth-order valence-electron chi connectivity index (χ4n) is 2.90. The van der Waals surface area contributed by atoms with Gasteiger partial charge in [0.15, 0.2) is 0 Å². The largest absolute Gasteiger partial charge is 0.371 e. The van der Waals surface area contributed by atoms with Crippen LogP contribution in [-0.4, -0.2) is 38.3 Å². The van der Waals surface area contributed by atoms with Gasteiger partial charge in [0.1, 0.15) is 0 Å². The third kappa shape index (κ3) is 3.91.